The molecule has 72 valence electrons. The quantitative estimate of drug-likeness (QED) is 0.623. The van der Waals surface area contributed by atoms with Gasteiger partial charge in [0.2, 0.25) is 0 Å². The first kappa shape index (κ1) is 9.28. The van der Waals surface area contributed by atoms with Crippen LogP contribution in [0, 0.1) is 13.8 Å². The fraction of sp³-hybridized carbons (Fsp3) is 0.182. The van der Waals surface area contributed by atoms with Crippen LogP contribution in [0.2, 0.25) is 5.02 Å². The summed E-state index contributed by atoms with van der Waals surface area (Å²) in [6, 6.07) is 5.23. The van der Waals surface area contributed by atoms with Gasteiger partial charge in [0.05, 0.1) is 0 Å². The minimum atomic E-state index is -0.280. The van der Waals surface area contributed by atoms with Gasteiger partial charge in [-0.1, -0.05) is 11.6 Å². The highest BCUT2D eigenvalue weighted by Crippen LogP contribution is 2.22. The van der Waals surface area contributed by atoms with Crippen LogP contribution in [0.25, 0.3) is 11.0 Å². The highest BCUT2D eigenvalue weighted by atomic mass is 35.5. The molecule has 0 fully saturated rings. The Morgan fingerprint density at radius 3 is 2.64 bits per heavy atom. The Hall–Kier alpha value is -1.28. The molecule has 2 nitrogen and oxygen atoms in total. The zero-order chi connectivity index (χ0) is 10.3. The van der Waals surface area contributed by atoms with Gasteiger partial charge in [-0.05, 0) is 37.6 Å². The molecule has 0 saturated carbocycles. The first-order chi connectivity index (χ1) is 6.59. The maximum absolute atomic E-state index is 11.3. The van der Waals surface area contributed by atoms with E-state index in [1.165, 1.54) is 0 Å². The average Bonchev–Trinajstić information content (AvgIpc) is 2.16. The number of halogens is 1. The van der Waals surface area contributed by atoms with Crippen molar-refractivity contribution in [1.82, 2.24) is 0 Å². The smallest absolute Gasteiger partial charge is 0.339 e. The van der Waals surface area contributed by atoms with Gasteiger partial charge in [-0.2, -0.15) is 0 Å². The predicted molar refractivity (Wildman–Crippen MR) is 57.0 cm³/mol. The van der Waals surface area contributed by atoms with Crippen molar-refractivity contribution in [2.24, 2.45) is 0 Å². The number of hydrogen-bond acceptors (Lipinski definition) is 2. The van der Waals surface area contributed by atoms with Crippen LogP contribution in [0.1, 0.15) is 11.1 Å². The SMILES string of the molecule is Cc1c(C)c2cc(Cl)ccc2oc1=O. The Morgan fingerprint density at radius 1 is 1.21 bits per heavy atom. The molecule has 0 atom stereocenters. The number of fused-ring (bicyclic) bond motifs is 1. The van der Waals surface area contributed by atoms with Crippen molar-refractivity contribution in [2.75, 3.05) is 0 Å². The monoisotopic (exact) mass is 208 g/mol. The van der Waals surface area contributed by atoms with Gasteiger partial charge in [-0.3, -0.25) is 0 Å². The molecule has 2 rings (SSSR count). The molecule has 14 heavy (non-hydrogen) atoms. The fourth-order valence-electron chi connectivity index (χ4n) is 1.42. The van der Waals surface area contributed by atoms with Gasteiger partial charge in [-0.25, -0.2) is 4.79 Å². The zero-order valence-corrected chi connectivity index (χ0v) is 8.68. The third-order valence-corrected chi connectivity index (χ3v) is 2.65. The number of rotatable bonds is 0. The summed E-state index contributed by atoms with van der Waals surface area (Å²) >= 11 is 5.86. The maximum Gasteiger partial charge on any atom is 0.339 e. The van der Waals surface area contributed by atoms with Crippen molar-refractivity contribution >= 4 is 22.6 Å². The van der Waals surface area contributed by atoms with E-state index in [-0.39, 0.29) is 5.63 Å². The Bertz CT molecular complexity index is 555. The summed E-state index contributed by atoms with van der Waals surface area (Å²) in [5, 5.41) is 1.54. The second-order valence-electron chi connectivity index (χ2n) is 3.28. The summed E-state index contributed by atoms with van der Waals surface area (Å²) in [5.41, 5.74) is 1.87. The summed E-state index contributed by atoms with van der Waals surface area (Å²) in [6.45, 7) is 3.65. The van der Waals surface area contributed by atoms with E-state index < -0.39 is 0 Å². The normalized spacial score (nSPS) is 10.8. The molecule has 0 aliphatic carbocycles. The first-order valence-electron chi connectivity index (χ1n) is 4.29. The van der Waals surface area contributed by atoms with Gasteiger partial charge in [0, 0.05) is 16.0 Å². The third-order valence-electron chi connectivity index (χ3n) is 2.42. The van der Waals surface area contributed by atoms with Crippen molar-refractivity contribution in [3.05, 3.63) is 44.8 Å². The van der Waals surface area contributed by atoms with Crippen LogP contribution >= 0.6 is 11.6 Å². The second kappa shape index (κ2) is 3.14. The molecule has 0 unspecified atom stereocenters. The Balaban J connectivity index is 2.99. The van der Waals surface area contributed by atoms with Gasteiger partial charge < -0.3 is 4.42 Å². The molecule has 0 N–H and O–H groups in total. The van der Waals surface area contributed by atoms with E-state index in [0.29, 0.717) is 16.2 Å². The molecular formula is C11H9ClO2. The van der Waals surface area contributed by atoms with E-state index >= 15 is 0 Å². The molecule has 1 aromatic carbocycles. The van der Waals surface area contributed by atoms with Gasteiger partial charge in [0.15, 0.2) is 0 Å². The maximum atomic E-state index is 11.3. The van der Waals surface area contributed by atoms with Crippen LogP contribution in [0.3, 0.4) is 0 Å². The van der Waals surface area contributed by atoms with E-state index in [4.69, 9.17) is 16.0 Å². The Labute approximate surface area is 86.1 Å². The van der Waals surface area contributed by atoms with Crippen LogP contribution < -0.4 is 5.63 Å². The Kier molecular flexibility index (Phi) is 2.08. The molecule has 1 heterocycles. The van der Waals surface area contributed by atoms with Crippen LogP contribution in [-0.4, -0.2) is 0 Å². The predicted octanol–water partition coefficient (Wildman–Crippen LogP) is 3.06. The van der Waals surface area contributed by atoms with Crippen molar-refractivity contribution in [1.29, 1.82) is 0 Å². The second-order valence-corrected chi connectivity index (χ2v) is 3.72. The highest BCUT2D eigenvalue weighted by molar-refractivity contribution is 6.31. The van der Waals surface area contributed by atoms with E-state index in [9.17, 15) is 4.79 Å². The lowest BCUT2D eigenvalue weighted by molar-refractivity contribution is 0.553. The molecule has 0 radical (unpaired) electrons. The molecule has 0 bridgehead atoms. The molecule has 2 aromatic rings. The fourth-order valence-corrected chi connectivity index (χ4v) is 1.59. The van der Waals surface area contributed by atoms with E-state index in [0.717, 1.165) is 10.9 Å². The standard InChI is InChI=1S/C11H9ClO2/c1-6-7(2)11(13)14-10-4-3-8(12)5-9(6)10/h3-5H,1-2H3. The topological polar surface area (TPSA) is 30.2 Å². The summed E-state index contributed by atoms with van der Waals surface area (Å²) in [5.74, 6) is 0. The number of hydrogen-bond donors (Lipinski definition) is 0. The van der Waals surface area contributed by atoms with Crippen molar-refractivity contribution in [2.45, 2.75) is 13.8 Å². The van der Waals surface area contributed by atoms with E-state index in [1.807, 2.05) is 13.0 Å². The zero-order valence-electron chi connectivity index (χ0n) is 7.93. The molecule has 0 aliphatic heterocycles. The van der Waals surface area contributed by atoms with E-state index in [2.05, 4.69) is 0 Å². The van der Waals surface area contributed by atoms with Gasteiger partial charge in [-0.15, -0.1) is 0 Å². The van der Waals surface area contributed by atoms with Gasteiger partial charge in [0.1, 0.15) is 5.58 Å². The third kappa shape index (κ3) is 1.32. The van der Waals surface area contributed by atoms with Crippen molar-refractivity contribution in [3.63, 3.8) is 0 Å². The minimum Gasteiger partial charge on any atom is -0.423 e. The van der Waals surface area contributed by atoms with Gasteiger partial charge >= 0.3 is 5.63 Å². The van der Waals surface area contributed by atoms with Crippen molar-refractivity contribution in [3.8, 4) is 0 Å². The minimum absolute atomic E-state index is 0.280. The number of aryl methyl sites for hydroxylation is 1. The van der Waals surface area contributed by atoms with E-state index in [1.54, 1.807) is 19.1 Å². The molecule has 1 aromatic heterocycles. The summed E-state index contributed by atoms with van der Waals surface area (Å²) in [6.07, 6.45) is 0. The summed E-state index contributed by atoms with van der Waals surface area (Å²) < 4.78 is 5.11. The summed E-state index contributed by atoms with van der Waals surface area (Å²) in [7, 11) is 0. The van der Waals surface area contributed by atoms with Gasteiger partial charge in [0.25, 0.3) is 0 Å². The number of benzene rings is 1. The van der Waals surface area contributed by atoms with Crippen LogP contribution in [0.4, 0.5) is 0 Å². The molecule has 3 heteroatoms. The van der Waals surface area contributed by atoms with Crippen LogP contribution in [0.5, 0.6) is 0 Å². The molecule has 0 amide bonds. The molecular weight excluding hydrogens is 200 g/mol. The van der Waals surface area contributed by atoms with Crippen molar-refractivity contribution < 1.29 is 4.42 Å². The summed E-state index contributed by atoms with van der Waals surface area (Å²) in [4.78, 5) is 11.3. The molecule has 0 aliphatic rings. The first-order valence-corrected chi connectivity index (χ1v) is 4.67. The Morgan fingerprint density at radius 2 is 1.93 bits per heavy atom. The molecule has 0 spiro atoms. The average molecular weight is 209 g/mol. The van der Waals surface area contributed by atoms with Crippen LogP contribution in [0.15, 0.2) is 27.4 Å². The van der Waals surface area contributed by atoms with Crippen LogP contribution in [-0.2, 0) is 0 Å². The lowest BCUT2D eigenvalue weighted by atomic mass is 10.1. The largest absolute Gasteiger partial charge is 0.423 e. The highest BCUT2D eigenvalue weighted by Gasteiger charge is 2.06. The lowest BCUT2D eigenvalue weighted by Crippen LogP contribution is -2.05. The lowest BCUT2D eigenvalue weighted by Gasteiger charge is -2.03. The molecule has 0 saturated heterocycles.